The average molecular weight is 209 g/mol. The van der Waals surface area contributed by atoms with Crippen LogP contribution in [0.25, 0.3) is 0 Å². The number of hydrogen-bond acceptors (Lipinski definition) is 4. The summed E-state index contributed by atoms with van der Waals surface area (Å²) in [4.78, 5) is 13.8. The summed E-state index contributed by atoms with van der Waals surface area (Å²) in [5, 5.41) is 0. The molecule has 82 valence electrons. The Labute approximate surface area is 88.8 Å². The monoisotopic (exact) mass is 209 g/mol. The van der Waals surface area contributed by atoms with Crippen LogP contribution in [0.15, 0.2) is 22.8 Å². The molecule has 1 aliphatic heterocycles. The largest absolute Gasteiger partial charge is 0.461 e. The van der Waals surface area contributed by atoms with E-state index in [2.05, 4.69) is 4.90 Å². The van der Waals surface area contributed by atoms with Crippen molar-refractivity contribution in [2.24, 2.45) is 0 Å². The van der Waals surface area contributed by atoms with Gasteiger partial charge in [0, 0.05) is 13.1 Å². The first kappa shape index (κ1) is 10.4. The van der Waals surface area contributed by atoms with Crippen LogP contribution >= 0.6 is 0 Å². The van der Waals surface area contributed by atoms with Crippen molar-refractivity contribution in [3.63, 3.8) is 0 Å². The van der Waals surface area contributed by atoms with E-state index in [4.69, 9.17) is 9.15 Å². The predicted molar refractivity (Wildman–Crippen MR) is 54.9 cm³/mol. The van der Waals surface area contributed by atoms with Gasteiger partial charge >= 0.3 is 0 Å². The molecule has 1 saturated heterocycles. The van der Waals surface area contributed by atoms with E-state index in [1.165, 1.54) is 6.26 Å². The molecule has 2 heterocycles. The van der Waals surface area contributed by atoms with Crippen LogP contribution in [0.4, 0.5) is 0 Å². The van der Waals surface area contributed by atoms with E-state index in [1.54, 1.807) is 12.1 Å². The van der Waals surface area contributed by atoms with E-state index in [-0.39, 0.29) is 11.9 Å². The van der Waals surface area contributed by atoms with Gasteiger partial charge in [-0.25, -0.2) is 0 Å². The van der Waals surface area contributed by atoms with Crippen molar-refractivity contribution >= 4 is 5.78 Å². The van der Waals surface area contributed by atoms with Crippen molar-refractivity contribution in [2.45, 2.75) is 13.0 Å². The molecule has 0 radical (unpaired) electrons. The van der Waals surface area contributed by atoms with Gasteiger partial charge in [-0.15, -0.1) is 0 Å². The molecule has 2 rings (SSSR count). The van der Waals surface area contributed by atoms with E-state index in [0.29, 0.717) is 18.9 Å². The third-order valence-electron chi connectivity index (χ3n) is 2.49. The second-order valence-corrected chi connectivity index (χ2v) is 3.82. The smallest absolute Gasteiger partial charge is 0.211 e. The fourth-order valence-electron chi connectivity index (χ4n) is 1.75. The Kier molecular flexibility index (Phi) is 3.18. The number of carbonyl (C=O) groups is 1. The maximum absolute atomic E-state index is 11.7. The molecular weight excluding hydrogens is 194 g/mol. The lowest BCUT2D eigenvalue weighted by Crippen LogP contribution is -2.43. The zero-order chi connectivity index (χ0) is 10.7. The van der Waals surface area contributed by atoms with E-state index >= 15 is 0 Å². The molecular formula is C11H15NO3. The second-order valence-electron chi connectivity index (χ2n) is 3.82. The summed E-state index contributed by atoms with van der Waals surface area (Å²) in [5.74, 6) is 0.475. The number of furan rings is 1. The van der Waals surface area contributed by atoms with E-state index in [1.807, 2.05) is 6.92 Å². The molecule has 15 heavy (non-hydrogen) atoms. The van der Waals surface area contributed by atoms with Crippen molar-refractivity contribution in [1.29, 1.82) is 0 Å². The normalized spacial score (nSPS) is 22.9. The van der Waals surface area contributed by atoms with Crippen LogP contribution in [-0.2, 0) is 4.74 Å². The number of rotatable bonds is 3. The number of ether oxygens (including phenoxy) is 1. The van der Waals surface area contributed by atoms with Crippen molar-refractivity contribution in [1.82, 2.24) is 4.90 Å². The van der Waals surface area contributed by atoms with Crippen molar-refractivity contribution < 1.29 is 13.9 Å². The number of ketones is 1. The molecule has 4 heteroatoms. The number of morpholine rings is 1. The maximum atomic E-state index is 11.7. The summed E-state index contributed by atoms with van der Waals surface area (Å²) in [6, 6.07) is 3.43. The molecule has 0 saturated carbocycles. The van der Waals surface area contributed by atoms with Crippen LogP contribution in [0, 0.1) is 0 Å². The van der Waals surface area contributed by atoms with Crippen LogP contribution in [0.5, 0.6) is 0 Å². The molecule has 0 spiro atoms. The summed E-state index contributed by atoms with van der Waals surface area (Å²) >= 11 is 0. The fourth-order valence-corrected chi connectivity index (χ4v) is 1.75. The highest BCUT2D eigenvalue weighted by molar-refractivity contribution is 5.94. The standard InChI is InChI=1S/C11H15NO3/c1-9-7-12(4-6-14-9)8-10(13)11-3-2-5-15-11/h2-3,5,9H,4,6-8H2,1H3. The molecule has 0 aliphatic carbocycles. The quantitative estimate of drug-likeness (QED) is 0.701. The first-order chi connectivity index (χ1) is 7.25. The Bertz CT molecular complexity index is 321. The second kappa shape index (κ2) is 4.59. The maximum Gasteiger partial charge on any atom is 0.211 e. The molecule has 1 atom stereocenters. The number of hydrogen-bond donors (Lipinski definition) is 0. The SMILES string of the molecule is CC1CN(CC(=O)c2ccco2)CCO1. The summed E-state index contributed by atoms with van der Waals surface area (Å²) in [6.45, 7) is 4.76. The summed E-state index contributed by atoms with van der Waals surface area (Å²) in [7, 11) is 0. The predicted octanol–water partition coefficient (Wildman–Crippen LogP) is 1.18. The topological polar surface area (TPSA) is 42.7 Å². The molecule has 0 amide bonds. The van der Waals surface area contributed by atoms with Gasteiger partial charge in [-0.3, -0.25) is 9.69 Å². The van der Waals surface area contributed by atoms with Gasteiger partial charge in [0.2, 0.25) is 5.78 Å². The highest BCUT2D eigenvalue weighted by Gasteiger charge is 2.20. The Morgan fingerprint density at radius 3 is 3.20 bits per heavy atom. The lowest BCUT2D eigenvalue weighted by atomic mass is 10.2. The van der Waals surface area contributed by atoms with Gasteiger partial charge in [0.05, 0.1) is 25.5 Å². The Hall–Kier alpha value is -1.13. The first-order valence-electron chi connectivity index (χ1n) is 5.16. The molecule has 0 bridgehead atoms. The Morgan fingerprint density at radius 2 is 2.53 bits per heavy atom. The minimum absolute atomic E-state index is 0.0362. The van der Waals surface area contributed by atoms with Crippen molar-refractivity contribution in [3.05, 3.63) is 24.2 Å². The van der Waals surface area contributed by atoms with Crippen LogP contribution in [0.1, 0.15) is 17.5 Å². The zero-order valence-electron chi connectivity index (χ0n) is 8.81. The molecule has 1 aliphatic rings. The van der Waals surface area contributed by atoms with Crippen molar-refractivity contribution in [3.8, 4) is 0 Å². The van der Waals surface area contributed by atoms with Crippen LogP contribution in [0.2, 0.25) is 0 Å². The Morgan fingerprint density at radius 1 is 1.67 bits per heavy atom. The number of Topliss-reactive ketones (excluding diaryl/α,β-unsaturated/α-hetero) is 1. The molecule has 1 aromatic heterocycles. The van der Waals surface area contributed by atoms with Crippen molar-refractivity contribution in [2.75, 3.05) is 26.2 Å². The minimum atomic E-state index is 0.0362. The van der Waals surface area contributed by atoms with Crippen LogP contribution < -0.4 is 0 Å². The fraction of sp³-hybridized carbons (Fsp3) is 0.545. The lowest BCUT2D eigenvalue weighted by Gasteiger charge is -2.30. The van der Waals surface area contributed by atoms with Gasteiger partial charge < -0.3 is 9.15 Å². The van der Waals surface area contributed by atoms with Crippen LogP contribution in [-0.4, -0.2) is 43.0 Å². The van der Waals surface area contributed by atoms with Gasteiger partial charge in [0.15, 0.2) is 5.76 Å². The molecule has 4 nitrogen and oxygen atoms in total. The summed E-state index contributed by atoms with van der Waals surface area (Å²) in [5.41, 5.74) is 0. The van der Waals surface area contributed by atoms with Gasteiger partial charge in [-0.2, -0.15) is 0 Å². The van der Waals surface area contributed by atoms with Gasteiger partial charge in [0.25, 0.3) is 0 Å². The lowest BCUT2D eigenvalue weighted by molar-refractivity contribution is -0.0160. The molecule has 1 aromatic rings. The average Bonchev–Trinajstić information content (AvgIpc) is 2.70. The Balaban J connectivity index is 1.89. The van der Waals surface area contributed by atoms with E-state index in [0.717, 1.165) is 13.1 Å². The van der Waals surface area contributed by atoms with Gasteiger partial charge in [0.1, 0.15) is 0 Å². The molecule has 1 fully saturated rings. The zero-order valence-corrected chi connectivity index (χ0v) is 8.81. The first-order valence-corrected chi connectivity index (χ1v) is 5.16. The third-order valence-corrected chi connectivity index (χ3v) is 2.49. The number of carbonyl (C=O) groups excluding carboxylic acids is 1. The highest BCUT2D eigenvalue weighted by atomic mass is 16.5. The van der Waals surface area contributed by atoms with E-state index in [9.17, 15) is 4.79 Å². The number of nitrogens with zero attached hydrogens (tertiary/aromatic N) is 1. The highest BCUT2D eigenvalue weighted by Crippen LogP contribution is 2.07. The third kappa shape index (κ3) is 2.67. The summed E-state index contributed by atoms with van der Waals surface area (Å²) < 4.78 is 10.5. The van der Waals surface area contributed by atoms with Gasteiger partial charge in [-0.05, 0) is 19.1 Å². The molecule has 0 aromatic carbocycles. The summed E-state index contributed by atoms with van der Waals surface area (Å²) in [6.07, 6.45) is 1.73. The molecule has 0 N–H and O–H groups in total. The van der Waals surface area contributed by atoms with Crippen LogP contribution in [0.3, 0.4) is 0 Å². The minimum Gasteiger partial charge on any atom is -0.461 e. The van der Waals surface area contributed by atoms with E-state index < -0.39 is 0 Å². The van der Waals surface area contributed by atoms with Gasteiger partial charge in [-0.1, -0.05) is 0 Å². The molecule has 1 unspecified atom stereocenters.